The van der Waals surface area contributed by atoms with Gasteiger partial charge in [-0.15, -0.1) is 0 Å². The first-order valence-corrected chi connectivity index (χ1v) is 5.64. The highest BCUT2D eigenvalue weighted by molar-refractivity contribution is 5.72. The van der Waals surface area contributed by atoms with Gasteiger partial charge in [0.2, 0.25) is 0 Å². The van der Waals surface area contributed by atoms with E-state index >= 15 is 0 Å². The van der Waals surface area contributed by atoms with E-state index in [-0.39, 0.29) is 0 Å². The average molecular weight is 196 g/mol. The maximum atomic E-state index is 5.59. The predicted molar refractivity (Wildman–Crippen MR) is 59.0 cm³/mol. The summed E-state index contributed by atoms with van der Waals surface area (Å²) in [4.78, 5) is 0. The molecule has 1 aromatic rings. The predicted octanol–water partition coefficient (Wildman–Crippen LogP) is 1.67. The van der Waals surface area contributed by atoms with Crippen LogP contribution in [0.15, 0.2) is 35.8 Å². The van der Waals surface area contributed by atoms with Gasteiger partial charge in [0, 0.05) is 12.0 Å². The molecule has 1 atom stereocenters. The van der Waals surface area contributed by atoms with Crippen LogP contribution in [0.1, 0.15) is 19.3 Å². The molecule has 1 heterocycles. The molecular formula is C14H12O. The Balaban J connectivity index is 2.13. The first-order chi connectivity index (χ1) is 7.43. The van der Waals surface area contributed by atoms with Gasteiger partial charge in [-0.3, -0.25) is 0 Å². The third-order valence-corrected chi connectivity index (χ3v) is 3.68. The van der Waals surface area contributed by atoms with Gasteiger partial charge in [-0.1, -0.05) is 30.3 Å². The molecule has 0 amide bonds. The fraction of sp³-hybridized carbons (Fsp3) is 0.286. The van der Waals surface area contributed by atoms with E-state index in [0.29, 0.717) is 5.92 Å². The molecule has 1 unspecified atom stereocenters. The third-order valence-electron chi connectivity index (χ3n) is 3.68. The molecule has 1 nitrogen and oxygen atoms in total. The quantitative estimate of drug-likeness (QED) is 0.615. The second-order valence-corrected chi connectivity index (χ2v) is 4.53. The van der Waals surface area contributed by atoms with Crippen LogP contribution in [0.3, 0.4) is 0 Å². The minimum Gasteiger partial charge on any atom is -0.454 e. The van der Waals surface area contributed by atoms with Gasteiger partial charge in [0.15, 0.2) is 5.76 Å². The first kappa shape index (κ1) is 7.75. The molecule has 0 saturated heterocycles. The van der Waals surface area contributed by atoms with E-state index in [1.807, 2.05) is 0 Å². The largest absolute Gasteiger partial charge is 0.454 e. The molecule has 1 heteroatoms. The molecule has 0 aromatic heterocycles. The van der Waals surface area contributed by atoms with Gasteiger partial charge < -0.3 is 4.74 Å². The van der Waals surface area contributed by atoms with E-state index < -0.39 is 0 Å². The van der Waals surface area contributed by atoms with Crippen molar-refractivity contribution in [3.8, 4) is 0 Å². The lowest BCUT2D eigenvalue weighted by atomic mass is 9.82. The van der Waals surface area contributed by atoms with E-state index in [9.17, 15) is 0 Å². The topological polar surface area (TPSA) is 12.5 Å². The molecule has 3 aliphatic rings. The Kier molecular flexibility index (Phi) is 1.31. The number of fused-ring (bicyclic) bond motifs is 3. The summed E-state index contributed by atoms with van der Waals surface area (Å²) in [7, 11) is 0. The molecule has 0 fully saturated rings. The first-order valence-electron chi connectivity index (χ1n) is 5.64. The smallest absolute Gasteiger partial charge is 0.169 e. The summed E-state index contributed by atoms with van der Waals surface area (Å²) in [6, 6.07) is 8.67. The Morgan fingerprint density at radius 3 is 3.13 bits per heavy atom. The molecule has 74 valence electrons. The second-order valence-electron chi connectivity index (χ2n) is 4.53. The minimum absolute atomic E-state index is 0.709. The number of hydrogen-bond donors (Lipinski definition) is 0. The van der Waals surface area contributed by atoms with Crippen molar-refractivity contribution in [2.45, 2.75) is 19.3 Å². The van der Waals surface area contributed by atoms with Crippen LogP contribution in [0.4, 0.5) is 0 Å². The Morgan fingerprint density at radius 1 is 1.20 bits per heavy atom. The number of benzene rings is 1. The lowest BCUT2D eigenvalue weighted by Crippen LogP contribution is -2.32. The van der Waals surface area contributed by atoms with Crippen molar-refractivity contribution in [1.82, 2.24) is 0 Å². The maximum absolute atomic E-state index is 5.59. The van der Waals surface area contributed by atoms with Gasteiger partial charge in [-0.25, -0.2) is 0 Å². The van der Waals surface area contributed by atoms with Gasteiger partial charge >= 0.3 is 0 Å². The molecule has 1 aromatic carbocycles. The molecule has 0 radical (unpaired) electrons. The van der Waals surface area contributed by atoms with E-state index in [0.717, 1.165) is 6.42 Å². The monoisotopic (exact) mass is 196 g/mol. The average Bonchev–Trinajstić information content (AvgIpc) is 3.07. The molecule has 0 saturated carbocycles. The van der Waals surface area contributed by atoms with Crippen LogP contribution < -0.4 is 10.4 Å². The molecule has 15 heavy (non-hydrogen) atoms. The molecular weight excluding hydrogens is 184 g/mol. The lowest BCUT2D eigenvalue weighted by Gasteiger charge is -2.19. The summed E-state index contributed by atoms with van der Waals surface area (Å²) in [6.45, 7) is 0. The second kappa shape index (κ2) is 2.54. The number of allylic oxidation sites excluding steroid dienone is 2. The third kappa shape index (κ3) is 0.980. The van der Waals surface area contributed by atoms with Crippen molar-refractivity contribution >= 4 is 11.6 Å². The van der Waals surface area contributed by atoms with Crippen molar-refractivity contribution in [3.63, 3.8) is 0 Å². The van der Waals surface area contributed by atoms with Crippen molar-refractivity contribution in [3.05, 3.63) is 46.2 Å². The molecule has 0 N–H and O–H groups in total. The van der Waals surface area contributed by atoms with Crippen LogP contribution in [0.25, 0.3) is 11.6 Å². The molecule has 4 rings (SSSR count). The highest BCUT2D eigenvalue weighted by Gasteiger charge is 2.38. The molecule has 0 bridgehead atoms. The van der Waals surface area contributed by atoms with Crippen molar-refractivity contribution < 1.29 is 4.74 Å². The number of hydrogen-bond acceptors (Lipinski definition) is 1. The van der Waals surface area contributed by atoms with E-state index in [1.54, 1.807) is 0 Å². The van der Waals surface area contributed by atoms with Gasteiger partial charge in [-0.05, 0) is 29.2 Å². The van der Waals surface area contributed by atoms with E-state index in [4.69, 9.17) is 4.74 Å². The summed E-state index contributed by atoms with van der Waals surface area (Å²) < 4.78 is 5.59. The zero-order chi connectivity index (χ0) is 9.83. The standard InChI is InChI=1S/C14H12O/c1-2-4-11-9(3-1)5-6-10-7-8-12-14(15-12)13(10)11/h1-5,10H,6-8H2. The van der Waals surface area contributed by atoms with Crippen molar-refractivity contribution in [1.29, 1.82) is 0 Å². The molecule has 0 spiro atoms. The van der Waals surface area contributed by atoms with Crippen LogP contribution in [0, 0.1) is 5.92 Å². The zero-order valence-electron chi connectivity index (χ0n) is 8.49. The fourth-order valence-corrected chi connectivity index (χ4v) is 2.87. The highest BCUT2D eigenvalue weighted by Crippen LogP contribution is 2.47. The highest BCUT2D eigenvalue weighted by atomic mass is 16.6. The van der Waals surface area contributed by atoms with Crippen molar-refractivity contribution in [2.75, 3.05) is 0 Å². The van der Waals surface area contributed by atoms with Crippen LogP contribution in [0.5, 0.6) is 0 Å². The van der Waals surface area contributed by atoms with Crippen LogP contribution >= 0.6 is 0 Å². The minimum atomic E-state index is 0.709. The summed E-state index contributed by atoms with van der Waals surface area (Å²) >= 11 is 0. The van der Waals surface area contributed by atoms with Crippen LogP contribution in [0.2, 0.25) is 0 Å². The SMILES string of the molecule is C1=c2ccccc2=C2C3=C(CCC2C1)O3. The van der Waals surface area contributed by atoms with Gasteiger partial charge in [0.05, 0.1) is 0 Å². The summed E-state index contributed by atoms with van der Waals surface area (Å²) in [5, 5.41) is 2.78. The van der Waals surface area contributed by atoms with E-state index in [1.165, 1.54) is 40.4 Å². The van der Waals surface area contributed by atoms with Crippen LogP contribution in [-0.2, 0) is 4.74 Å². The molecule has 2 aliphatic carbocycles. The van der Waals surface area contributed by atoms with Gasteiger partial charge in [0.25, 0.3) is 0 Å². The summed E-state index contributed by atoms with van der Waals surface area (Å²) in [6.07, 6.45) is 5.97. The van der Waals surface area contributed by atoms with Gasteiger partial charge in [-0.2, -0.15) is 0 Å². The summed E-state index contributed by atoms with van der Waals surface area (Å²) in [5.74, 6) is 3.17. The normalized spacial score (nSPS) is 25.9. The fourth-order valence-electron chi connectivity index (χ4n) is 2.87. The van der Waals surface area contributed by atoms with Gasteiger partial charge in [0.1, 0.15) is 5.76 Å². The maximum Gasteiger partial charge on any atom is 0.169 e. The zero-order valence-corrected chi connectivity index (χ0v) is 8.49. The summed E-state index contributed by atoms with van der Waals surface area (Å²) in [5.41, 5.74) is 1.48. The Morgan fingerprint density at radius 2 is 2.13 bits per heavy atom. The number of ether oxygens (including phenoxy) is 1. The van der Waals surface area contributed by atoms with Crippen LogP contribution in [-0.4, -0.2) is 0 Å². The number of rotatable bonds is 0. The lowest BCUT2D eigenvalue weighted by molar-refractivity contribution is 0.471. The Labute approximate surface area is 88.4 Å². The Bertz CT molecular complexity index is 592. The molecule has 1 aliphatic heterocycles. The van der Waals surface area contributed by atoms with E-state index in [2.05, 4.69) is 30.3 Å². The van der Waals surface area contributed by atoms with Crippen molar-refractivity contribution in [2.24, 2.45) is 5.92 Å². The Hall–Kier alpha value is -1.50.